The number of aromatic nitrogens is 1. The molecule has 1 aromatic carbocycles. The van der Waals surface area contributed by atoms with E-state index in [1.807, 2.05) is 27.0 Å². The molecule has 0 saturated carbocycles. The standard InChI is InChI=1S/C14H21NO2.C7H8O3S/c1-3-16-14(17-4-2)13-9-11-7-5-6-8-12(11)10-15-13;1-6-2-4-7(5-3-6)11(8,9)10/h9-10,14H,3-8H2,1-2H3;2-5H,1H3,(H,8,9,10). The van der Waals surface area contributed by atoms with Gasteiger partial charge in [-0.2, -0.15) is 8.42 Å². The molecule has 1 aliphatic carbocycles. The van der Waals surface area contributed by atoms with E-state index in [0.29, 0.717) is 13.2 Å². The topological polar surface area (TPSA) is 85.7 Å². The molecule has 0 unspecified atom stereocenters. The summed E-state index contributed by atoms with van der Waals surface area (Å²) >= 11 is 0. The number of rotatable bonds is 6. The van der Waals surface area contributed by atoms with Gasteiger partial charge in [0.15, 0.2) is 0 Å². The van der Waals surface area contributed by atoms with Crippen LogP contribution in [0.25, 0.3) is 0 Å². The predicted molar refractivity (Wildman–Crippen MR) is 108 cm³/mol. The van der Waals surface area contributed by atoms with E-state index in [2.05, 4.69) is 11.1 Å². The van der Waals surface area contributed by atoms with Crippen molar-refractivity contribution in [1.82, 2.24) is 4.98 Å². The fraction of sp³-hybridized carbons (Fsp3) is 0.476. The molecule has 0 aliphatic heterocycles. The van der Waals surface area contributed by atoms with E-state index in [0.717, 1.165) is 24.1 Å². The highest BCUT2D eigenvalue weighted by Crippen LogP contribution is 2.24. The lowest BCUT2D eigenvalue weighted by Crippen LogP contribution is -2.13. The van der Waals surface area contributed by atoms with Crippen molar-refractivity contribution >= 4 is 10.1 Å². The minimum absolute atomic E-state index is 0.0666. The SMILES string of the molecule is CCOC(OCC)c1cc2c(cn1)CCCC2.Cc1ccc(S(=O)(=O)O)cc1. The lowest BCUT2D eigenvalue weighted by molar-refractivity contribution is -0.142. The Hall–Kier alpha value is -1.80. The number of fused-ring (bicyclic) bond motifs is 1. The molecule has 0 saturated heterocycles. The third kappa shape index (κ3) is 6.67. The largest absolute Gasteiger partial charge is 0.347 e. The number of nitrogens with zero attached hydrogens (tertiary/aromatic N) is 1. The third-order valence-electron chi connectivity index (χ3n) is 4.44. The van der Waals surface area contributed by atoms with Crippen LogP contribution in [0.5, 0.6) is 0 Å². The minimum atomic E-state index is -4.02. The van der Waals surface area contributed by atoms with Gasteiger partial charge in [-0.15, -0.1) is 0 Å². The molecule has 1 N–H and O–H groups in total. The molecule has 1 aliphatic rings. The summed E-state index contributed by atoms with van der Waals surface area (Å²) in [6.45, 7) is 7.08. The molecule has 0 spiro atoms. The summed E-state index contributed by atoms with van der Waals surface area (Å²) in [5.74, 6) is 0. The van der Waals surface area contributed by atoms with Crippen LogP contribution < -0.4 is 0 Å². The van der Waals surface area contributed by atoms with E-state index in [-0.39, 0.29) is 11.2 Å². The molecule has 1 aromatic heterocycles. The van der Waals surface area contributed by atoms with Crippen molar-refractivity contribution in [3.05, 3.63) is 58.9 Å². The smallest absolute Gasteiger partial charge is 0.294 e. The second-order valence-electron chi connectivity index (χ2n) is 6.62. The van der Waals surface area contributed by atoms with Crippen molar-refractivity contribution in [2.45, 2.75) is 57.6 Å². The summed E-state index contributed by atoms with van der Waals surface area (Å²) < 4.78 is 40.7. The molecular weight excluding hydrogens is 378 g/mol. The number of aryl methyl sites for hydroxylation is 3. The molecule has 154 valence electrons. The van der Waals surface area contributed by atoms with Crippen LogP contribution in [-0.4, -0.2) is 31.2 Å². The first-order valence-corrected chi connectivity index (χ1v) is 11.0. The fourth-order valence-electron chi connectivity index (χ4n) is 2.99. The normalized spacial score (nSPS) is 13.6. The first-order chi connectivity index (χ1) is 13.3. The van der Waals surface area contributed by atoms with Crippen LogP contribution in [0.2, 0.25) is 0 Å². The number of pyridine rings is 1. The molecule has 0 amide bonds. The van der Waals surface area contributed by atoms with Crippen molar-refractivity contribution in [3.8, 4) is 0 Å². The molecule has 6 nitrogen and oxygen atoms in total. The summed E-state index contributed by atoms with van der Waals surface area (Å²) in [7, 11) is -4.02. The third-order valence-corrected chi connectivity index (χ3v) is 5.31. The van der Waals surface area contributed by atoms with Crippen LogP contribution in [0, 0.1) is 6.92 Å². The maximum Gasteiger partial charge on any atom is 0.294 e. The average molecular weight is 408 g/mol. The Bertz CT molecular complexity index is 844. The van der Waals surface area contributed by atoms with Gasteiger partial charge in [-0.25, -0.2) is 0 Å². The zero-order valence-electron chi connectivity index (χ0n) is 16.7. The van der Waals surface area contributed by atoms with Gasteiger partial charge in [0.05, 0.1) is 10.6 Å². The molecule has 0 radical (unpaired) electrons. The van der Waals surface area contributed by atoms with Crippen LogP contribution in [0.4, 0.5) is 0 Å². The van der Waals surface area contributed by atoms with Crippen molar-refractivity contribution in [1.29, 1.82) is 0 Å². The van der Waals surface area contributed by atoms with Gasteiger partial charge in [-0.05, 0) is 75.8 Å². The molecule has 0 bridgehead atoms. The Balaban J connectivity index is 0.000000221. The highest BCUT2D eigenvalue weighted by molar-refractivity contribution is 7.85. The Kier molecular flexibility index (Phi) is 8.57. The molecule has 3 rings (SSSR count). The lowest BCUT2D eigenvalue weighted by Gasteiger charge is -2.20. The van der Waals surface area contributed by atoms with E-state index < -0.39 is 10.1 Å². The molecule has 1 heterocycles. The molecule has 28 heavy (non-hydrogen) atoms. The first-order valence-electron chi connectivity index (χ1n) is 9.60. The molecule has 0 fully saturated rings. The number of hydrogen-bond acceptors (Lipinski definition) is 5. The quantitative estimate of drug-likeness (QED) is 0.568. The van der Waals surface area contributed by atoms with Gasteiger partial charge in [0.25, 0.3) is 10.1 Å². The highest BCUT2D eigenvalue weighted by atomic mass is 32.2. The molecule has 0 atom stereocenters. The monoisotopic (exact) mass is 407 g/mol. The van der Waals surface area contributed by atoms with Crippen molar-refractivity contribution in [2.75, 3.05) is 13.2 Å². The fourth-order valence-corrected chi connectivity index (χ4v) is 3.47. The van der Waals surface area contributed by atoms with E-state index in [1.165, 1.54) is 36.1 Å². The Morgan fingerprint density at radius 1 is 1.04 bits per heavy atom. The van der Waals surface area contributed by atoms with Crippen molar-refractivity contribution in [3.63, 3.8) is 0 Å². The zero-order chi connectivity index (χ0) is 20.6. The summed E-state index contributed by atoms with van der Waals surface area (Å²) in [6.07, 6.45) is 6.58. The van der Waals surface area contributed by atoms with Gasteiger partial charge >= 0.3 is 0 Å². The molecular formula is C21H29NO5S. The van der Waals surface area contributed by atoms with E-state index in [9.17, 15) is 8.42 Å². The van der Waals surface area contributed by atoms with Gasteiger partial charge in [0, 0.05) is 19.4 Å². The Morgan fingerprint density at radius 3 is 2.14 bits per heavy atom. The number of hydrogen-bond donors (Lipinski definition) is 1. The predicted octanol–water partition coefficient (Wildman–Crippen LogP) is 4.27. The van der Waals surface area contributed by atoms with E-state index >= 15 is 0 Å². The van der Waals surface area contributed by atoms with Crippen LogP contribution in [0.15, 0.2) is 41.4 Å². The summed E-state index contributed by atoms with van der Waals surface area (Å²) in [5, 5.41) is 0. The van der Waals surface area contributed by atoms with Crippen LogP contribution in [-0.2, 0) is 32.4 Å². The maximum absolute atomic E-state index is 10.5. The van der Waals surface area contributed by atoms with E-state index in [4.69, 9.17) is 14.0 Å². The van der Waals surface area contributed by atoms with E-state index in [1.54, 1.807) is 12.1 Å². The maximum atomic E-state index is 10.5. The Labute approximate surface area is 167 Å². The first kappa shape index (κ1) is 22.5. The van der Waals surface area contributed by atoms with Gasteiger partial charge in [-0.1, -0.05) is 17.7 Å². The lowest BCUT2D eigenvalue weighted by atomic mass is 9.93. The zero-order valence-corrected chi connectivity index (χ0v) is 17.5. The minimum Gasteiger partial charge on any atom is -0.347 e. The second-order valence-corrected chi connectivity index (χ2v) is 8.04. The second kappa shape index (κ2) is 10.7. The highest BCUT2D eigenvalue weighted by Gasteiger charge is 2.16. The molecule has 2 aromatic rings. The van der Waals surface area contributed by atoms with Gasteiger partial charge in [0.1, 0.15) is 0 Å². The average Bonchev–Trinajstić information content (AvgIpc) is 2.67. The van der Waals surface area contributed by atoms with Crippen LogP contribution in [0.1, 0.15) is 55.4 Å². The van der Waals surface area contributed by atoms with Gasteiger partial charge in [0.2, 0.25) is 6.29 Å². The van der Waals surface area contributed by atoms with Crippen molar-refractivity contribution < 1.29 is 22.4 Å². The van der Waals surface area contributed by atoms with Gasteiger partial charge in [-0.3, -0.25) is 9.54 Å². The Morgan fingerprint density at radius 2 is 1.61 bits per heavy atom. The van der Waals surface area contributed by atoms with Gasteiger partial charge < -0.3 is 9.47 Å². The number of benzene rings is 1. The summed E-state index contributed by atoms with van der Waals surface area (Å²) in [6, 6.07) is 8.14. The van der Waals surface area contributed by atoms with Crippen LogP contribution in [0.3, 0.4) is 0 Å². The van der Waals surface area contributed by atoms with Crippen molar-refractivity contribution in [2.24, 2.45) is 0 Å². The summed E-state index contributed by atoms with van der Waals surface area (Å²) in [5.41, 5.74) is 4.68. The summed E-state index contributed by atoms with van der Waals surface area (Å²) in [4.78, 5) is 4.41. The molecule has 7 heteroatoms. The number of ether oxygens (including phenoxy) is 2. The van der Waals surface area contributed by atoms with Crippen LogP contribution >= 0.6 is 0 Å².